The molecule has 1 atom stereocenters. The van der Waals surface area contributed by atoms with Gasteiger partial charge in [-0.1, -0.05) is 30.3 Å². The zero-order valence-electron chi connectivity index (χ0n) is 11.2. The Morgan fingerprint density at radius 2 is 1.95 bits per heavy atom. The number of halogens is 1. The molecule has 0 aromatic heterocycles. The second kappa shape index (κ2) is 5.85. The summed E-state index contributed by atoms with van der Waals surface area (Å²) in [6.45, 7) is 3.70. The number of nitrogens with one attached hydrogen (secondary N) is 1. The molecular formula is C16H18FNO. The molecule has 3 heteroatoms. The highest BCUT2D eigenvalue weighted by molar-refractivity contribution is 5.52. The number of benzene rings is 2. The lowest BCUT2D eigenvalue weighted by Gasteiger charge is -2.18. The van der Waals surface area contributed by atoms with E-state index in [9.17, 15) is 9.50 Å². The Kier molecular flexibility index (Phi) is 4.17. The number of anilines is 1. The van der Waals surface area contributed by atoms with E-state index in [-0.39, 0.29) is 18.5 Å². The van der Waals surface area contributed by atoms with Crippen molar-refractivity contribution in [3.05, 3.63) is 65.0 Å². The van der Waals surface area contributed by atoms with Gasteiger partial charge in [0.05, 0.1) is 6.61 Å². The Bertz CT molecular complexity index is 568. The van der Waals surface area contributed by atoms with Crippen LogP contribution < -0.4 is 5.32 Å². The maximum Gasteiger partial charge on any atom is 0.126 e. The van der Waals surface area contributed by atoms with Gasteiger partial charge in [-0.3, -0.25) is 0 Å². The first kappa shape index (κ1) is 13.6. The number of rotatable bonds is 4. The Balaban J connectivity index is 2.20. The fraction of sp³-hybridized carbons (Fsp3) is 0.250. The van der Waals surface area contributed by atoms with Crippen molar-refractivity contribution in [3.8, 4) is 0 Å². The fourth-order valence-corrected chi connectivity index (χ4v) is 1.99. The van der Waals surface area contributed by atoms with Gasteiger partial charge in [0.25, 0.3) is 0 Å². The quantitative estimate of drug-likeness (QED) is 0.875. The highest BCUT2D eigenvalue weighted by Crippen LogP contribution is 2.23. The highest BCUT2D eigenvalue weighted by atomic mass is 19.1. The predicted molar refractivity (Wildman–Crippen MR) is 75.5 cm³/mol. The van der Waals surface area contributed by atoms with Crippen molar-refractivity contribution < 1.29 is 9.50 Å². The Morgan fingerprint density at radius 3 is 2.63 bits per heavy atom. The third-order valence-corrected chi connectivity index (χ3v) is 3.26. The predicted octanol–water partition coefficient (Wildman–Crippen LogP) is 3.80. The minimum atomic E-state index is -0.193. The summed E-state index contributed by atoms with van der Waals surface area (Å²) in [4.78, 5) is 0. The van der Waals surface area contributed by atoms with Crippen molar-refractivity contribution >= 4 is 5.69 Å². The zero-order chi connectivity index (χ0) is 13.8. The van der Waals surface area contributed by atoms with Crippen LogP contribution in [0.15, 0.2) is 42.5 Å². The zero-order valence-corrected chi connectivity index (χ0v) is 11.2. The molecule has 100 valence electrons. The minimum Gasteiger partial charge on any atom is -0.392 e. The van der Waals surface area contributed by atoms with E-state index in [4.69, 9.17) is 0 Å². The molecule has 0 heterocycles. The van der Waals surface area contributed by atoms with E-state index in [1.807, 2.05) is 37.3 Å². The van der Waals surface area contributed by atoms with Gasteiger partial charge >= 0.3 is 0 Å². The lowest BCUT2D eigenvalue weighted by Crippen LogP contribution is -2.09. The van der Waals surface area contributed by atoms with Gasteiger partial charge in [0, 0.05) is 17.3 Å². The van der Waals surface area contributed by atoms with E-state index in [2.05, 4.69) is 5.32 Å². The molecule has 2 aromatic carbocycles. The number of aliphatic hydroxyl groups is 1. The second-order valence-electron chi connectivity index (χ2n) is 4.69. The van der Waals surface area contributed by atoms with E-state index < -0.39 is 0 Å². The molecule has 19 heavy (non-hydrogen) atoms. The van der Waals surface area contributed by atoms with Crippen LogP contribution in [-0.2, 0) is 6.61 Å². The average molecular weight is 259 g/mol. The Labute approximate surface area is 112 Å². The van der Waals surface area contributed by atoms with Crippen LogP contribution in [0.25, 0.3) is 0 Å². The normalized spacial score (nSPS) is 12.2. The van der Waals surface area contributed by atoms with Crippen LogP contribution >= 0.6 is 0 Å². The first-order valence-corrected chi connectivity index (χ1v) is 6.33. The van der Waals surface area contributed by atoms with E-state index >= 15 is 0 Å². The molecule has 0 amide bonds. The summed E-state index contributed by atoms with van der Waals surface area (Å²) in [7, 11) is 0. The summed E-state index contributed by atoms with van der Waals surface area (Å²) in [5, 5.41) is 12.6. The SMILES string of the molecule is Cc1ccc(C(C)Nc2ccccc2CO)cc1F. The molecule has 0 bridgehead atoms. The summed E-state index contributed by atoms with van der Waals surface area (Å²) in [5.74, 6) is -0.193. The molecule has 2 aromatic rings. The van der Waals surface area contributed by atoms with E-state index in [1.165, 1.54) is 0 Å². The van der Waals surface area contributed by atoms with Crippen LogP contribution in [0.5, 0.6) is 0 Å². The number of aliphatic hydroxyl groups excluding tert-OH is 1. The molecule has 0 fully saturated rings. The van der Waals surface area contributed by atoms with Gasteiger partial charge in [0.2, 0.25) is 0 Å². The monoisotopic (exact) mass is 259 g/mol. The highest BCUT2D eigenvalue weighted by Gasteiger charge is 2.09. The maximum atomic E-state index is 13.6. The third-order valence-electron chi connectivity index (χ3n) is 3.26. The van der Waals surface area contributed by atoms with Crippen molar-refractivity contribution in [2.75, 3.05) is 5.32 Å². The van der Waals surface area contributed by atoms with E-state index in [1.54, 1.807) is 19.1 Å². The van der Waals surface area contributed by atoms with E-state index in [0.717, 1.165) is 16.8 Å². The van der Waals surface area contributed by atoms with Gasteiger partial charge in [-0.2, -0.15) is 0 Å². The van der Waals surface area contributed by atoms with Crippen LogP contribution in [0.2, 0.25) is 0 Å². The lowest BCUT2D eigenvalue weighted by molar-refractivity contribution is 0.282. The van der Waals surface area contributed by atoms with Crippen LogP contribution in [-0.4, -0.2) is 5.11 Å². The first-order chi connectivity index (χ1) is 9.11. The van der Waals surface area contributed by atoms with Crippen LogP contribution in [0.1, 0.15) is 29.7 Å². The summed E-state index contributed by atoms with van der Waals surface area (Å²) in [6.07, 6.45) is 0. The molecule has 0 saturated carbocycles. The van der Waals surface area contributed by atoms with Gasteiger partial charge < -0.3 is 10.4 Å². The van der Waals surface area contributed by atoms with Gasteiger partial charge in [-0.05, 0) is 37.1 Å². The lowest BCUT2D eigenvalue weighted by atomic mass is 10.0. The fourth-order valence-electron chi connectivity index (χ4n) is 1.99. The van der Waals surface area contributed by atoms with Crippen LogP contribution in [0.3, 0.4) is 0 Å². The van der Waals surface area contributed by atoms with Crippen LogP contribution in [0.4, 0.5) is 10.1 Å². The molecule has 0 aliphatic rings. The van der Waals surface area contributed by atoms with Gasteiger partial charge in [-0.25, -0.2) is 4.39 Å². The molecule has 0 aliphatic heterocycles. The molecule has 1 unspecified atom stereocenters. The Morgan fingerprint density at radius 1 is 1.21 bits per heavy atom. The van der Waals surface area contributed by atoms with Crippen molar-refractivity contribution in [3.63, 3.8) is 0 Å². The number of hydrogen-bond donors (Lipinski definition) is 2. The summed E-state index contributed by atoms with van der Waals surface area (Å²) < 4.78 is 13.6. The average Bonchev–Trinajstić information content (AvgIpc) is 2.42. The van der Waals surface area contributed by atoms with Crippen molar-refractivity contribution in [2.24, 2.45) is 0 Å². The smallest absolute Gasteiger partial charge is 0.126 e. The number of para-hydroxylation sites is 1. The van der Waals surface area contributed by atoms with Gasteiger partial charge in [-0.15, -0.1) is 0 Å². The molecule has 2 N–H and O–H groups in total. The summed E-state index contributed by atoms with van der Waals surface area (Å²) in [6, 6.07) is 12.8. The molecular weight excluding hydrogens is 241 g/mol. The largest absolute Gasteiger partial charge is 0.392 e. The van der Waals surface area contributed by atoms with Gasteiger partial charge in [0.1, 0.15) is 5.82 Å². The molecule has 2 rings (SSSR count). The second-order valence-corrected chi connectivity index (χ2v) is 4.69. The third kappa shape index (κ3) is 3.12. The number of hydrogen-bond acceptors (Lipinski definition) is 2. The number of aryl methyl sites for hydroxylation is 1. The summed E-state index contributed by atoms with van der Waals surface area (Å²) in [5.41, 5.74) is 3.24. The Hall–Kier alpha value is -1.87. The molecule has 0 saturated heterocycles. The first-order valence-electron chi connectivity index (χ1n) is 6.33. The van der Waals surface area contributed by atoms with Crippen molar-refractivity contribution in [1.29, 1.82) is 0 Å². The molecule has 0 spiro atoms. The molecule has 2 nitrogen and oxygen atoms in total. The standard InChI is InChI=1S/C16H18FNO/c1-11-7-8-13(9-15(11)17)12(2)18-16-6-4-3-5-14(16)10-19/h3-9,12,18-19H,10H2,1-2H3. The molecule has 0 radical (unpaired) electrons. The molecule has 0 aliphatic carbocycles. The van der Waals surface area contributed by atoms with Crippen LogP contribution in [0, 0.1) is 12.7 Å². The minimum absolute atomic E-state index is 0.0157. The summed E-state index contributed by atoms with van der Waals surface area (Å²) >= 11 is 0. The van der Waals surface area contributed by atoms with Crippen molar-refractivity contribution in [2.45, 2.75) is 26.5 Å². The van der Waals surface area contributed by atoms with Crippen molar-refractivity contribution in [1.82, 2.24) is 0 Å². The van der Waals surface area contributed by atoms with Gasteiger partial charge in [0.15, 0.2) is 0 Å². The van der Waals surface area contributed by atoms with E-state index in [0.29, 0.717) is 5.56 Å². The maximum absolute atomic E-state index is 13.6. The topological polar surface area (TPSA) is 32.3 Å².